The molecule has 0 aromatic heterocycles. The average molecular weight is 336 g/mol. The molecular weight excluding hydrogens is 321 g/mol. The Morgan fingerprint density at radius 2 is 1.79 bits per heavy atom. The van der Waals surface area contributed by atoms with Gasteiger partial charge in [-0.15, -0.1) is 0 Å². The van der Waals surface area contributed by atoms with Crippen LogP contribution in [0.3, 0.4) is 0 Å². The minimum absolute atomic E-state index is 0.109. The van der Waals surface area contributed by atoms with Gasteiger partial charge in [0.2, 0.25) is 5.71 Å². The molecule has 0 spiro atoms. The summed E-state index contributed by atoms with van der Waals surface area (Å²) in [6.07, 6.45) is -4.49. The van der Waals surface area contributed by atoms with Crippen LogP contribution in [0.25, 0.3) is 0 Å². The Morgan fingerprint density at radius 3 is 2.33 bits per heavy atom. The SMILES string of the molecule is CN1CCN(c2ccc(C(F)(F)F)cc2NN=C(C#N)C#N)CC1. The van der Waals surface area contributed by atoms with Crippen molar-refractivity contribution in [3.05, 3.63) is 23.8 Å². The quantitative estimate of drug-likeness (QED) is 0.677. The molecule has 2 rings (SSSR count). The third-order valence-corrected chi connectivity index (χ3v) is 3.67. The maximum atomic E-state index is 12.9. The summed E-state index contributed by atoms with van der Waals surface area (Å²) in [5, 5.41) is 21.0. The molecule has 24 heavy (non-hydrogen) atoms. The lowest BCUT2D eigenvalue weighted by Gasteiger charge is -2.35. The Balaban J connectivity index is 2.37. The smallest absolute Gasteiger partial charge is 0.367 e. The number of piperazine rings is 1. The van der Waals surface area contributed by atoms with Crippen LogP contribution < -0.4 is 10.3 Å². The molecule has 1 aromatic rings. The molecule has 1 aliphatic rings. The highest BCUT2D eigenvalue weighted by atomic mass is 19.4. The van der Waals surface area contributed by atoms with Crippen molar-refractivity contribution in [2.45, 2.75) is 6.18 Å². The number of anilines is 2. The fourth-order valence-corrected chi connectivity index (χ4v) is 2.32. The average Bonchev–Trinajstić information content (AvgIpc) is 2.55. The fourth-order valence-electron chi connectivity index (χ4n) is 2.32. The zero-order valence-electron chi connectivity index (χ0n) is 12.9. The van der Waals surface area contributed by atoms with E-state index < -0.39 is 17.5 Å². The van der Waals surface area contributed by atoms with E-state index in [0.29, 0.717) is 18.8 Å². The second kappa shape index (κ2) is 7.20. The molecule has 0 atom stereocenters. The first-order valence-electron chi connectivity index (χ1n) is 7.14. The minimum atomic E-state index is -4.49. The zero-order valence-corrected chi connectivity index (χ0v) is 12.9. The third kappa shape index (κ3) is 4.15. The molecule has 0 unspecified atom stereocenters. The summed E-state index contributed by atoms with van der Waals surface area (Å²) in [6.45, 7) is 2.88. The second-order valence-corrected chi connectivity index (χ2v) is 5.32. The van der Waals surface area contributed by atoms with Gasteiger partial charge in [0.25, 0.3) is 0 Å². The number of likely N-dealkylation sites (N-methyl/N-ethyl adjacent to an activating group) is 1. The maximum Gasteiger partial charge on any atom is 0.416 e. The molecule has 1 aromatic carbocycles. The summed E-state index contributed by atoms with van der Waals surface area (Å²) in [4.78, 5) is 4.06. The molecule has 1 aliphatic heterocycles. The van der Waals surface area contributed by atoms with Gasteiger partial charge in [-0.25, -0.2) is 0 Å². The van der Waals surface area contributed by atoms with Gasteiger partial charge in [0.05, 0.1) is 16.9 Å². The second-order valence-electron chi connectivity index (χ2n) is 5.32. The van der Waals surface area contributed by atoms with Crippen LogP contribution in [-0.4, -0.2) is 43.8 Å². The number of benzene rings is 1. The van der Waals surface area contributed by atoms with Gasteiger partial charge < -0.3 is 9.80 Å². The normalized spacial score (nSPS) is 15.3. The first kappa shape index (κ1) is 17.6. The van der Waals surface area contributed by atoms with Crippen molar-refractivity contribution in [2.24, 2.45) is 5.10 Å². The highest BCUT2D eigenvalue weighted by molar-refractivity contribution is 6.10. The highest BCUT2D eigenvalue weighted by Gasteiger charge is 2.31. The van der Waals surface area contributed by atoms with Crippen molar-refractivity contribution in [2.75, 3.05) is 43.6 Å². The van der Waals surface area contributed by atoms with Crippen LogP contribution in [0.15, 0.2) is 23.3 Å². The summed E-state index contributed by atoms with van der Waals surface area (Å²) >= 11 is 0. The fraction of sp³-hybridized carbons (Fsp3) is 0.400. The Kier molecular flexibility index (Phi) is 5.27. The molecule has 0 radical (unpaired) electrons. The van der Waals surface area contributed by atoms with Crippen LogP contribution in [0.1, 0.15) is 5.56 Å². The molecule has 6 nitrogen and oxygen atoms in total. The molecule has 1 heterocycles. The van der Waals surface area contributed by atoms with E-state index in [0.717, 1.165) is 25.2 Å². The van der Waals surface area contributed by atoms with Gasteiger partial charge in [0.1, 0.15) is 12.1 Å². The van der Waals surface area contributed by atoms with Crippen LogP contribution in [-0.2, 0) is 6.18 Å². The van der Waals surface area contributed by atoms with Crippen LogP contribution in [0.4, 0.5) is 24.5 Å². The lowest BCUT2D eigenvalue weighted by Crippen LogP contribution is -2.44. The number of rotatable bonds is 3. The number of alkyl halides is 3. The number of nitriles is 2. The van der Waals surface area contributed by atoms with Gasteiger partial charge >= 0.3 is 6.18 Å². The number of hydrogen-bond acceptors (Lipinski definition) is 6. The van der Waals surface area contributed by atoms with E-state index in [1.807, 2.05) is 11.9 Å². The lowest BCUT2D eigenvalue weighted by atomic mass is 10.1. The van der Waals surface area contributed by atoms with Crippen LogP contribution in [0, 0.1) is 22.7 Å². The maximum absolute atomic E-state index is 12.9. The van der Waals surface area contributed by atoms with Crippen molar-refractivity contribution in [1.82, 2.24) is 4.90 Å². The van der Waals surface area contributed by atoms with Crippen LogP contribution >= 0.6 is 0 Å². The standard InChI is InChI=1S/C15H15F3N6/c1-23-4-6-24(7-5-23)14-3-2-11(15(16,17)18)8-13(14)22-21-12(9-19)10-20/h2-3,8,22H,4-7H2,1H3. The number of halogens is 3. The number of hydrazone groups is 1. The molecule has 126 valence electrons. The van der Waals surface area contributed by atoms with Crippen LogP contribution in [0.5, 0.6) is 0 Å². The van der Waals surface area contributed by atoms with Gasteiger partial charge in [-0.05, 0) is 25.2 Å². The van der Waals surface area contributed by atoms with E-state index in [9.17, 15) is 13.2 Å². The number of hydrogen-bond donors (Lipinski definition) is 1. The van der Waals surface area contributed by atoms with Crippen molar-refractivity contribution < 1.29 is 13.2 Å². The Hall–Kier alpha value is -2.78. The predicted molar refractivity (Wildman–Crippen MR) is 83.4 cm³/mol. The zero-order chi connectivity index (χ0) is 17.7. The van der Waals surface area contributed by atoms with Gasteiger partial charge in [-0.2, -0.15) is 28.8 Å². The molecule has 1 N–H and O–H groups in total. The van der Waals surface area contributed by atoms with Gasteiger partial charge in [-0.3, -0.25) is 5.43 Å². The number of nitrogens with one attached hydrogen (secondary N) is 1. The molecule has 9 heteroatoms. The summed E-state index contributed by atoms with van der Waals surface area (Å²) < 4.78 is 38.8. The van der Waals surface area contributed by atoms with E-state index in [4.69, 9.17) is 10.5 Å². The molecule has 0 bridgehead atoms. The monoisotopic (exact) mass is 336 g/mol. The molecule has 0 saturated carbocycles. The molecule has 0 amide bonds. The first-order valence-corrected chi connectivity index (χ1v) is 7.14. The number of nitrogens with zero attached hydrogens (tertiary/aromatic N) is 5. The predicted octanol–water partition coefficient (Wildman–Crippen LogP) is 2.27. The molecule has 0 aliphatic carbocycles. The largest absolute Gasteiger partial charge is 0.416 e. The minimum Gasteiger partial charge on any atom is -0.367 e. The van der Waals surface area contributed by atoms with E-state index >= 15 is 0 Å². The van der Waals surface area contributed by atoms with Crippen molar-refractivity contribution in [3.63, 3.8) is 0 Å². The van der Waals surface area contributed by atoms with Gasteiger partial charge in [0.15, 0.2) is 0 Å². The van der Waals surface area contributed by atoms with E-state index in [-0.39, 0.29) is 5.69 Å². The summed E-state index contributed by atoms with van der Waals surface area (Å²) in [7, 11) is 1.97. The Morgan fingerprint density at radius 1 is 1.17 bits per heavy atom. The molecule has 1 saturated heterocycles. The van der Waals surface area contributed by atoms with Crippen molar-refractivity contribution in [3.8, 4) is 12.1 Å². The first-order chi connectivity index (χ1) is 11.3. The van der Waals surface area contributed by atoms with Crippen LogP contribution in [0.2, 0.25) is 0 Å². The summed E-state index contributed by atoms with van der Waals surface area (Å²) in [6, 6.07) is 6.44. The summed E-state index contributed by atoms with van der Waals surface area (Å²) in [5.41, 5.74) is 1.80. The summed E-state index contributed by atoms with van der Waals surface area (Å²) in [5.74, 6) is 0. The van der Waals surface area contributed by atoms with E-state index in [2.05, 4.69) is 15.4 Å². The van der Waals surface area contributed by atoms with Crippen molar-refractivity contribution >= 4 is 17.1 Å². The van der Waals surface area contributed by atoms with Crippen molar-refractivity contribution in [1.29, 1.82) is 10.5 Å². The molecular formula is C15H15F3N6. The Bertz CT molecular complexity index is 689. The lowest BCUT2D eigenvalue weighted by molar-refractivity contribution is -0.137. The third-order valence-electron chi connectivity index (χ3n) is 3.67. The van der Waals surface area contributed by atoms with Gasteiger partial charge in [0, 0.05) is 26.2 Å². The van der Waals surface area contributed by atoms with E-state index in [1.54, 1.807) is 12.1 Å². The van der Waals surface area contributed by atoms with Gasteiger partial charge in [-0.1, -0.05) is 0 Å². The van der Waals surface area contributed by atoms with E-state index in [1.165, 1.54) is 6.07 Å². The molecule has 1 fully saturated rings. The Labute approximate surface area is 137 Å². The topological polar surface area (TPSA) is 78.4 Å². The highest BCUT2D eigenvalue weighted by Crippen LogP contribution is 2.35.